The molecule has 0 saturated carbocycles. The van der Waals surface area contributed by atoms with Gasteiger partial charge in [0.2, 0.25) is 0 Å². The van der Waals surface area contributed by atoms with E-state index in [-0.39, 0.29) is 4.90 Å². The summed E-state index contributed by atoms with van der Waals surface area (Å²) in [4.78, 5) is 3.41. The number of para-hydroxylation sites is 1. The summed E-state index contributed by atoms with van der Waals surface area (Å²) in [6, 6.07) is 23.7. The van der Waals surface area contributed by atoms with E-state index in [1.165, 1.54) is 0 Å². The molecule has 0 fully saturated rings. The molecule has 0 radical (unpaired) electrons. The van der Waals surface area contributed by atoms with Gasteiger partial charge >= 0.3 is 10.1 Å². The van der Waals surface area contributed by atoms with E-state index in [0.29, 0.717) is 11.4 Å². The van der Waals surface area contributed by atoms with Crippen molar-refractivity contribution in [2.45, 2.75) is 11.8 Å². The minimum Gasteiger partial charge on any atom is -0.376 e. The molecule has 4 aromatic rings. The fourth-order valence-corrected chi connectivity index (χ4v) is 3.83. The first-order chi connectivity index (χ1) is 12.5. The van der Waals surface area contributed by atoms with Gasteiger partial charge in [-0.1, -0.05) is 60.2 Å². The Labute approximate surface area is 152 Å². The summed E-state index contributed by atoms with van der Waals surface area (Å²) in [7, 11) is -3.94. The Morgan fingerprint density at radius 2 is 1.46 bits per heavy atom. The van der Waals surface area contributed by atoms with Crippen molar-refractivity contribution in [3.8, 4) is 17.0 Å². The number of aromatic amines is 1. The van der Waals surface area contributed by atoms with Gasteiger partial charge in [-0.3, -0.25) is 0 Å². The van der Waals surface area contributed by atoms with Gasteiger partial charge in [-0.15, -0.1) is 0 Å². The monoisotopic (exact) mass is 363 g/mol. The lowest BCUT2D eigenvalue weighted by atomic mass is 10.1. The molecule has 4 rings (SSSR count). The lowest BCUT2D eigenvalue weighted by Crippen LogP contribution is -2.10. The van der Waals surface area contributed by atoms with E-state index in [1.807, 2.05) is 61.5 Å². The van der Waals surface area contributed by atoms with Gasteiger partial charge in [0.15, 0.2) is 5.75 Å². The zero-order valence-corrected chi connectivity index (χ0v) is 15.0. The van der Waals surface area contributed by atoms with E-state index in [2.05, 4.69) is 4.98 Å². The summed E-state index contributed by atoms with van der Waals surface area (Å²) in [5, 5.41) is 0.724. The summed E-state index contributed by atoms with van der Waals surface area (Å²) in [6.45, 7) is 1.91. The van der Waals surface area contributed by atoms with Gasteiger partial charge in [0.05, 0.1) is 5.69 Å². The molecule has 0 amide bonds. The lowest BCUT2D eigenvalue weighted by molar-refractivity contribution is 0.489. The zero-order valence-electron chi connectivity index (χ0n) is 14.1. The first-order valence-corrected chi connectivity index (χ1v) is 9.63. The fraction of sp³-hybridized carbons (Fsp3) is 0.0476. The van der Waals surface area contributed by atoms with Crippen LogP contribution in [0.25, 0.3) is 22.2 Å². The minimum atomic E-state index is -3.94. The maximum Gasteiger partial charge on any atom is 0.339 e. The zero-order chi connectivity index (χ0) is 18.1. The molecule has 1 aromatic heterocycles. The molecular weight excluding hydrogens is 346 g/mol. The van der Waals surface area contributed by atoms with Crippen LogP contribution in [-0.4, -0.2) is 13.4 Å². The Hall–Kier alpha value is -3.05. The Kier molecular flexibility index (Phi) is 4.01. The van der Waals surface area contributed by atoms with Crippen LogP contribution in [0.2, 0.25) is 0 Å². The number of fused-ring (bicyclic) bond motifs is 1. The number of hydrogen-bond donors (Lipinski definition) is 1. The molecule has 26 heavy (non-hydrogen) atoms. The van der Waals surface area contributed by atoms with Crippen molar-refractivity contribution in [1.82, 2.24) is 4.98 Å². The van der Waals surface area contributed by atoms with Crippen molar-refractivity contribution in [1.29, 1.82) is 0 Å². The fourth-order valence-electron chi connectivity index (χ4n) is 2.87. The number of aryl methyl sites for hydroxylation is 1. The highest BCUT2D eigenvalue weighted by molar-refractivity contribution is 7.87. The predicted octanol–water partition coefficient (Wildman–Crippen LogP) is 4.91. The van der Waals surface area contributed by atoms with Gasteiger partial charge in [-0.25, -0.2) is 0 Å². The average molecular weight is 363 g/mol. The molecule has 1 heterocycles. The molecule has 0 unspecified atom stereocenters. The standard InChI is InChI=1S/C21H17NO3S/c1-15-11-13-17(14-12-15)26(23,24)25-21-18-9-5-6-10-19(18)22-20(21)16-7-3-2-4-8-16/h2-14,22H,1H3. The number of hydrogen-bond acceptors (Lipinski definition) is 3. The Morgan fingerprint density at radius 3 is 2.19 bits per heavy atom. The molecule has 0 saturated heterocycles. The van der Waals surface area contributed by atoms with Gasteiger partial charge in [-0.05, 0) is 31.2 Å². The molecular formula is C21H17NO3S. The SMILES string of the molecule is Cc1ccc(S(=O)(=O)Oc2c(-c3ccccc3)[nH]c3ccccc23)cc1. The summed E-state index contributed by atoms with van der Waals surface area (Å²) in [6.07, 6.45) is 0. The van der Waals surface area contributed by atoms with Crippen LogP contribution in [0, 0.1) is 6.92 Å². The van der Waals surface area contributed by atoms with Gasteiger partial charge in [-0.2, -0.15) is 8.42 Å². The maximum absolute atomic E-state index is 12.8. The molecule has 4 nitrogen and oxygen atoms in total. The highest BCUT2D eigenvalue weighted by atomic mass is 32.2. The molecule has 3 aromatic carbocycles. The van der Waals surface area contributed by atoms with Crippen LogP contribution < -0.4 is 4.18 Å². The van der Waals surface area contributed by atoms with Gasteiger partial charge < -0.3 is 9.17 Å². The van der Waals surface area contributed by atoms with Crippen LogP contribution in [0.3, 0.4) is 0 Å². The number of rotatable bonds is 4. The third kappa shape index (κ3) is 2.97. The first-order valence-electron chi connectivity index (χ1n) is 8.22. The molecule has 5 heteroatoms. The van der Waals surface area contributed by atoms with Crippen molar-refractivity contribution in [3.05, 3.63) is 84.4 Å². The van der Waals surface area contributed by atoms with E-state index in [9.17, 15) is 8.42 Å². The van der Waals surface area contributed by atoms with Crippen LogP contribution in [-0.2, 0) is 10.1 Å². The van der Waals surface area contributed by atoms with Crippen LogP contribution in [0.1, 0.15) is 5.56 Å². The Bertz CT molecular complexity index is 1160. The Balaban J connectivity index is 1.86. The molecule has 0 aliphatic heterocycles. The summed E-state index contributed by atoms with van der Waals surface area (Å²) in [5.41, 5.74) is 3.31. The van der Waals surface area contributed by atoms with E-state index < -0.39 is 10.1 Å². The number of nitrogens with one attached hydrogen (secondary N) is 1. The smallest absolute Gasteiger partial charge is 0.339 e. The number of H-pyrrole nitrogens is 1. The second kappa shape index (κ2) is 6.35. The molecule has 1 N–H and O–H groups in total. The van der Waals surface area contributed by atoms with Crippen molar-refractivity contribution in [2.75, 3.05) is 0 Å². The van der Waals surface area contributed by atoms with Gasteiger partial charge in [0.25, 0.3) is 0 Å². The van der Waals surface area contributed by atoms with Crippen molar-refractivity contribution in [2.24, 2.45) is 0 Å². The first kappa shape index (κ1) is 16.4. The second-order valence-corrected chi connectivity index (χ2v) is 7.64. The van der Waals surface area contributed by atoms with Crippen molar-refractivity contribution < 1.29 is 12.6 Å². The van der Waals surface area contributed by atoms with Crippen LogP contribution in [0.5, 0.6) is 5.75 Å². The highest BCUT2D eigenvalue weighted by Gasteiger charge is 2.22. The van der Waals surface area contributed by atoms with Gasteiger partial charge in [0.1, 0.15) is 4.90 Å². The lowest BCUT2D eigenvalue weighted by Gasteiger charge is -2.09. The minimum absolute atomic E-state index is 0.132. The summed E-state index contributed by atoms with van der Waals surface area (Å²) >= 11 is 0. The van der Waals surface area contributed by atoms with E-state index >= 15 is 0 Å². The van der Waals surface area contributed by atoms with E-state index in [0.717, 1.165) is 22.0 Å². The second-order valence-electron chi connectivity index (χ2n) is 6.09. The molecule has 0 atom stereocenters. The molecule has 0 aliphatic rings. The molecule has 130 valence electrons. The van der Waals surface area contributed by atoms with Crippen molar-refractivity contribution in [3.63, 3.8) is 0 Å². The predicted molar refractivity (Wildman–Crippen MR) is 103 cm³/mol. The van der Waals surface area contributed by atoms with Crippen molar-refractivity contribution >= 4 is 21.0 Å². The topological polar surface area (TPSA) is 59.2 Å². The van der Waals surface area contributed by atoms with E-state index in [1.54, 1.807) is 24.3 Å². The third-order valence-electron chi connectivity index (χ3n) is 4.22. The quantitative estimate of drug-likeness (QED) is 0.524. The molecule has 0 bridgehead atoms. The molecule has 0 spiro atoms. The summed E-state index contributed by atoms with van der Waals surface area (Å²) in [5.74, 6) is 0.312. The normalized spacial score (nSPS) is 11.6. The van der Waals surface area contributed by atoms with Crippen LogP contribution in [0.4, 0.5) is 0 Å². The third-order valence-corrected chi connectivity index (χ3v) is 5.46. The largest absolute Gasteiger partial charge is 0.376 e. The number of benzene rings is 3. The van der Waals surface area contributed by atoms with E-state index in [4.69, 9.17) is 4.18 Å². The highest BCUT2D eigenvalue weighted by Crippen LogP contribution is 2.38. The number of aromatic nitrogens is 1. The Morgan fingerprint density at radius 1 is 0.808 bits per heavy atom. The summed E-state index contributed by atoms with van der Waals surface area (Å²) < 4.78 is 31.2. The maximum atomic E-state index is 12.8. The van der Waals surface area contributed by atoms with Crippen LogP contribution in [0.15, 0.2) is 83.8 Å². The molecule has 0 aliphatic carbocycles. The van der Waals surface area contributed by atoms with Crippen LogP contribution >= 0.6 is 0 Å². The average Bonchev–Trinajstić information content (AvgIpc) is 3.01. The van der Waals surface area contributed by atoms with Gasteiger partial charge in [0, 0.05) is 16.5 Å².